The molecule has 0 radical (unpaired) electrons. The summed E-state index contributed by atoms with van der Waals surface area (Å²) in [6.07, 6.45) is 4.45. The fraction of sp³-hybridized carbons (Fsp3) is 0. The number of nitrogens with zero attached hydrogens (tertiary/aromatic N) is 3. The van der Waals surface area contributed by atoms with Crippen molar-refractivity contribution < 1.29 is 4.73 Å². The van der Waals surface area contributed by atoms with Crippen LogP contribution in [0.15, 0.2) is 30.7 Å². The molecule has 2 rings (SSSR count). The first-order valence-corrected chi connectivity index (χ1v) is 3.17. The zero-order chi connectivity index (χ0) is 7.68. The summed E-state index contributed by atoms with van der Waals surface area (Å²) in [4.78, 5) is 7.83. The van der Waals surface area contributed by atoms with Gasteiger partial charge >= 0.3 is 5.65 Å². The van der Waals surface area contributed by atoms with Gasteiger partial charge in [0.05, 0.1) is 12.4 Å². The molecule has 2 heterocycles. The van der Waals surface area contributed by atoms with Gasteiger partial charge in [0.25, 0.3) is 0 Å². The van der Waals surface area contributed by atoms with Crippen LogP contribution in [0.25, 0.3) is 11.2 Å². The number of hydrogen-bond donors (Lipinski definition) is 0. The summed E-state index contributed by atoms with van der Waals surface area (Å²) >= 11 is 0. The first kappa shape index (κ1) is 11.9. The summed E-state index contributed by atoms with van der Waals surface area (Å²) in [5, 5.41) is 11.0. The zero-order valence-electron chi connectivity index (χ0n) is 6.45. The van der Waals surface area contributed by atoms with Gasteiger partial charge in [0.2, 0.25) is 0 Å². The molecule has 0 N–H and O–H groups in total. The minimum absolute atomic E-state index is 0. The average Bonchev–Trinajstić information content (AvgIpc) is 2.06. The lowest BCUT2D eigenvalue weighted by molar-refractivity contribution is -0.579. The third-order valence-electron chi connectivity index (χ3n) is 1.39. The largest absolute Gasteiger partial charge is 0.710 e. The average molecular weight is 220 g/mol. The number of halogens is 2. The summed E-state index contributed by atoms with van der Waals surface area (Å²) in [7, 11) is 0. The fourth-order valence-corrected chi connectivity index (χ4v) is 0.912. The zero-order valence-corrected chi connectivity index (χ0v) is 8.09. The van der Waals surface area contributed by atoms with Crippen molar-refractivity contribution >= 4 is 36.0 Å². The van der Waals surface area contributed by atoms with Crippen LogP contribution in [-0.2, 0) is 0 Å². The molecule has 0 fully saturated rings. The standard InChI is InChI=1S/C7H5N3O.2ClH/c11-10-5-1-2-6-7(10)9-4-3-8-6;;/h1-5H;2*1H. The molecular weight excluding hydrogens is 213 g/mol. The van der Waals surface area contributed by atoms with E-state index in [0.29, 0.717) is 15.9 Å². The van der Waals surface area contributed by atoms with Gasteiger partial charge < -0.3 is 5.21 Å². The molecular formula is C7H7Cl2N3O. The van der Waals surface area contributed by atoms with Gasteiger partial charge in [0.15, 0.2) is 11.7 Å². The lowest BCUT2D eigenvalue weighted by Crippen LogP contribution is -2.26. The fourth-order valence-electron chi connectivity index (χ4n) is 0.912. The van der Waals surface area contributed by atoms with Crippen LogP contribution in [0.5, 0.6) is 0 Å². The van der Waals surface area contributed by atoms with Gasteiger partial charge in [-0.05, 0) is 17.1 Å². The highest BCUT2D eigenvalue weighted by Gasteiger charge is 2.01. The van der Waals surface area contributed by atoms with E-state index in [4.69, 9.17) is 0 Å². The molecule has 70 valence electrons. The van der Waals surface area contributed by atoms with E-state index in [0.717, 1.165) is 0 Å². The smallest absolute Gasteiger partial charge is 0.351 e. The third-order valence-corrected chi connectivity index (χ3v) is 1.39. The Kier molecular flexibility index (Phi) is 4.37. The van der Waals surface area contributed by atoms with Gasteiger partial charge in [-0.1, -0.05) is 0 Å². The normalized spacial score (nSPS) is 8.62. The molecule has 0 amide bonds. The molecule has 0 spiro atoms. The summed E-state index contributed by atoms with van der Waals surface area (Å²) < 4.78 is 0.697. The molecule has 0 aliphatic heterocycles. The predicted molar refractivity (Wildman–Crippen MR) is 53.0 cm³/mol. The second-order valence-electron chi connectivity index (χ2n) is 2.10. The highest BCUT2D eigenvalue weighted by Crippen LogP contribution is 1.98. The van der Waals surface area contributed by atoms with Crippen molar-refractivity contribution in [1.82, 2.24) is 9.97 Å². The van der Waals surface area contributed by atoms with E-state index >= 15 is 0 Å². The van der Waals surface area contributed by atoms with Crippen molar-refractivity contribution in [1.29, 1.82) is 0 Å². The van der Waals surface area contributed by atoms with Crippen LogP contribution >= 0.6 is 24.8 Å². The Bertz CT molecular complexity index is 391. The SMILES string of the molecule is Cl.Cl.[O-][n+]1cccc2nccnc21. The van der Waals surface area contributed by atoms with Gasteiger partial charge in [-0.3, -0.25) is 0 Å². The Morgan fingerprint density at radius 2 is 1.85 bits per heavy atom. The van der Waals surface area contributed by atoms with Gasteiger partial charge in [-0.25, -0.2) is 9.71 Å². The van der Waals surface area contributed by atoms with E-state index in [9.17, 15) is 5.21 Å². The van der Waals surface area contributed by atoms with Crippen LogP contribution in [0.3, 0.4) is 0 Å². The maximum atomic E-state index is 11.0. The number of pyridine rings is 1. The lowest BCUT2D eigenvalue weighted by Gasteiger charge is -1.99. The maximum Gasteiger partial charge on any atom is 0.351 e. The van der Waals surface area contributed by atoms with Crippen LogP contribution in [0.2, 0.25) is 0 Å². The second kappa shape index (κ2) is 4.79. The first-order valence-electron chi connectivity index (χ1n) is 3.17. The van der Waals surface area contributed by atoms with Gasteiger partial charge in [-0.2, -0.15) is 0 Å². The Morgan fingerprint density at radius 3 is 2.54 bits per heavy atom. The molecule has 0 atom stereocenters. The minimum atomic E-state index is 0. The molecule has 0 aromatic carbocycles. The molecule has 0 saturated carbocycles. The van der Waals surface area contributed by atoms with Gasteiger partial charge in [0.1, 0.15) is 0 Å². The molecule has 2 aromatic rings. The lowest BCUT2D eigenvalue weighted by atomic mass is 10.4. The quantitative estimate of drug-likeness (QED) is 0.493. The van der Waals surface area contributed by atoms with Crippen LogP contribution in [-0.4, -0.2) is 9.97 Å². The summed E-state index contributed by atoms with van der Waals surface area (Å²) in [5.74, 6) is 0. The summed E-state index contributed by atoms with van der Waals surface area (Å²) in [5.41, 5.74) is 0.972. The van der Waals surface area contributed by atoms with Crippen molar-refractivity contribution in [2.45, 2.75) is 0 Å². The minimum Gasteiger partial charge on any atom is -0.710 e. The number of fused-ring (bicyclic) bond motifs is 1. The Hall–Kier alpha value is -1.13. The van der Waals surface area contributed by atoms with Crippen molar-refractivity contribution in [3.05, 3.63) is 35.9 Å². The molecule has 0 saturated heterocycles. The number of aromatic nitrogens is 3. The maximum absolute atomic E-state index is 11.0. The Balaban J connectivity index is 0.000000720. The Labute approximate surface area is 87.0 Å². The molecule has 0 aliphatic carbocycles. The summed E-state index contributed by atoms with van der Waals surface area (Å²) in [6, 6.07) is 3.39. The van der Waals surface area contributed by atoms with E-state index in [1.165, 1.54) is 12.4 Å². The van der Waals surface area contributed by atoms with E-state index in [1.54, 1.807) is 18.3 Å². The monoisotopic (exact) mass is 219 g/mol. The van der Waals surface area contributed by atoms with Crippen molar-refractivity contribution in [2.75, 3.05) is 0 Å². The Morgan fingerprint density at radius 1 is 1.15 bits per heavy atom. The van der Waals surface area contributed by atoms with Gasteiger partial charge in [0, 0.05) is 0 Å². The van der Waals surface area contributed by atoms with Crippen LogP contribution in [0.1, 0.15) is 0 Å². The van der Waals surface area contributed by atoms with E-state index in [-0.39, 0.29) is 24.8 Å². The molecule has 0 bridgehead atoms. The van der Waals surface area contributed by atoms with E-state index in [1.807, 2.05) is 0 Å². The third kappa shape index (κ3) is 2.17. The van der Waals surface area contributed by atoms with E-state index < -0.39 is 0 Å². The first-order chi connectivity index (χ1) is 5.38. The number of rotatable bonds is 0. The van der Waals surface area contributed by atoms with Crippen molar-refractivity contribution in [2.24, 2.45) is 0 Å². The van der Waals surface area contributed by atoms with Gasteiger partial charge in [-0.15, -0.1) is 24.8 Å². The van der Waals surface area contributed by atoms with Crippen molar-refractivity contribution in [3.8, 4) is 0 Å². The molecule has 0 unspecified atom stereocenters. The highest BCUT2D eigenvalue weighted by molar-refractivity contribution is 5.85. The number of hydrogen-bond acceptors (Lipinski definition) is 3. The molecule has 0 aliphatic rings. The summed E-state index contributed by atoms with van der Waals surface area (Å²) in [6.45, 7) is 0. The highest BCUT2D eigenvalue weighted by atomic mass is 35.5. The van der Waals surface area contributed by atoms with Crippen molar-refractivity contribution in [3.63, 3.8) is 0 Å². The molecule has 6 heteroatoms. The molecule has 13 heavy (non-hydrogen) atoms. The second-order valence-corrected chi connectivity index (χ2v) is 2.10. The van der Waals surface area contributed by atoms with Crippen LogP contribution in [0.4, 0.5) is 0 Å². The van der Waals surface area contributed by atoms with Crippen LogP contribution in [0, 0.1) is 5.21 Å². The predicted octanol–water partition coefficient (Wildman–Crippen LogP) is 1.11. The molecule has 4 nitrogen and oxygen atoms in total. The van der Waals surface area contributed by atoms with Crippen LogP contribution < -0.4 is 4.73 Å². The topological polar surface area (TPSA) is 52.7 Å². The molecule has 2 aromatic heterocycles. The van der Waals surface area contributed by atoms with E-state index in [2.05, 4.69) is 9.97 Å².